The van der Waals surface area contributed by atoms with Gasteiger partial charge in [-0.1, -0.05) is 43.5 Å². The lowest BCUT2D eigenvalue weighted by molar-refractivity contribution is 0.194. The van der Waals surface area contributed by atoms with Gasteiger partial charge < -0.3 is 14.7 Å². The molecule has 1 fully saturated rings. The Morgan fingerprint density at radius 3 is 3.09 bits per heavy atom. The third-order valence-electron chi connectivity index (χ3n) is 4.74. The number of carbonyl (C=O) groups is 1. The number of hydrogen-bond acceptors (Lipinski definition) is 4. The number of carbonyl (C=O) groups excluding carboxylic acids is 1. The highest BCUT2D eigenvalue weighted by Crippen LogP contribution is 2.35. The second-order valence-electron chi connectivity index (χ2n) is 6.45. The highest BCUT2D eigenvalue weighted by molar-refractivity contribution is 5.75. The van der Waals surface area contributed by atoms with E-state index >= 15 is 0 Å². The Bertz CT molecular complexity index is 551. The molecule has 1 aromatic rings. The Morgan fingerprint density at radius 1 is 1.48 bits per heavy atom. The number of urea groups is 1. The van der Waals surface area contributed by atoms with Crippen LogP contribution in [0.4, 0.5) is 4.79 Å². The first-order valence-corrected chi connectivity index (χ1v) is 8.81. The second kappa shape index (κ2) is 7.62. The van der Waals surface area contributed by atoms with Crippen LogP contribution in [0.2, 0.25) is 0 Å². The minimum Gasteiger partial charge on any atom is -0.339 e. The molecule has 0 bridgehead atoms. The number of aromatic nitrogens is 2. The van der Waals surface area contributed by atoms with Crippen LogP contribution in [0.15, 0.2) is 16.7 Å². The normalized spacial score (nSPS) is 20.7. The summed E-state index contributed by atoms with van der Waals surface area (Å²) in [5.41, 5.74) is 0. The zero-order valence-corrected chi connectivity index (χ0v) is 13.8. The molecule has 0 radical (unpaired) electrons. The van der Waals surface area contributed by atoms with Gasteiger partial charge in [0.05, 0.1) is 6.04 Å². The molecule has 2 aliphatic rings. The molecular weight excluding hydrogens is 292 g/mol. The van der Waals surface area contributed by atoms with E-state index in [1.807, 2.05) is 4.90 Å². The lowest BCUT2D eigenvalue weighted by Gasteiger charge is -2.24. The van der Waals surface area contributed by atoms with Crippen molar-refractivity contribution in [2.75, 3.05) is 13.1 Å². The molecule has 2 amide bonds. The van der Waals surface area contributed by atoms with Crippen LogP contribution in [0.25, 0.3) is 0 Å². The Morgan fingerprint density at radius 2 is 2.35 bits per heavy atom. The molecule has 6 nitrogen and oxygen atoms in total. The van der Waals surface area contributed by atoms with Gasteiger partial charge in [0.1, 0.15) is 0 Å². The van der Waals surface area contributed by atoms with Crippen molar-refractivity contribution in [3.05, 3.63) is 23.9 Å². The molecule has 0 unspecified atom stereocenters. The summed E-state index contributed by atoms with van der Waals surface area (Å²) in [4.78, 5) is 18.6. The van der Waals surface area contributed by atoms with Crippen LogP contribution in [-0.2, 0) is 6.42 Å². The van der Waals surface area contributed by atoms with Crippen molar-refractivity contribution in [2.24, 2.45) is 0 Å². The molecule has 1 aliphatic carbocycles. The van der Waals surface area contributed by atoms with E-state index < -0.39 is 0 Å². The number of nitrogens with one attached hydrogen (secondary N) is 1. The van der Waals surface area contributed by atoms with E-state index in [-0.39, 0.29) is 12.1 Å². The smallest absolute Gasteiger partial charge is 0.318 e. The van der Waals surface area contributed by atoms with Crippen LogP contribution in [0.1, 0.15) is 63.1 Å². The maximum Gasteiger partial charge on any atom is 0.318 e. The number of nitrogens with zero attached hydrogens (tertiary/aromatic N) is 3. The van der Waals surface area contributed by atoms with Gasteiger partial charge in [0, 0.05) is 25.4 Å². The average Bonchev–Trinajstić information content (AvgIpc) is 3.12. The van der Waals surface area contributed by atoms with Gasteiger partial charge in [-0.2, -0.15) is 4.98 Å². The summed E-state index contributed by atoms with van der Waals surface area (Å²) in [5, 5.41) is 6.98. The minimum atomic E-state index is -0.00110. The molecule has 1 atom stereocenters. The summed E-state index contributed by atoms with van der Waals surface area (Å²) in [6, 6.07) is 0.240. The van der Waals surface area contributed by atoms with Crippen molar-refractivity contribution in [1.29, 1.82) is 0 Å². The first kappa shape index (κ1) is 16.0. The molecule has 126 valence electrons. The summed E-state index contributed by atoms with van der Waals surface area (Å²) in [7, 11) is 0. The highest BCUT2D eigenvalue weighted by atomic mass is 16.5. The Hall–Kier alpha value is -1.85. The van der Waals surface area contributed by atoms with Crippen LogP contribution in [0.5, 0.6) is 0 Å². The number of hydrogen-bond donors (Lipinski definition) is 1. The molecule has 3 rings (SSSR count). The van der Waals surface area contributed by atoms with E-state index in [0.717, 1.165) is 38.0 Å². The predicted octanol–water partition coefficient (Wildman–Crippen LogP) is 3.02. The fraction of sp³-hybridized carbons (Fsp3) is 0.706. The van der Waals surface area contributed by atoms with Crippen LogP contribution in [0, 0.1) is 0 Å². The lowest BCUT2D eigenvalue weighted by Crippen LogP contribution is -2.43. The van der Waals surface area contributed by atoms with E-state index in [1.165, 1.54) is 6.42 Å². The molecule has 1 aliphatic heterocycles. The highest BCUT2D eigenvalue weighted by Gasteiger charge is 2.26. The van der Waals surface area contributed by atoms with Crippen LogP contribution >= 0.6 is 0 Å². The topological polar surface area (TPSA) is 71.3 Å². The van der Waals surface area contributed by atoms with Gasteiger partial charge in [0.25, 0.3) is 0 Å². The van der Waals surface area contributed by atoms with Crippen LogP contribution < -0.4 is 5.32 Å². The lowest BCUT2D eigenvalue weighted by atomic mass is 9.85. The molecule has 1 saturated carbocycles. The predicted molar refractivity (Wildman–Crippen MR) is 87.2 cm³/mol. The van der Waals surface area contributed by atoms with Gasteiger partial charge in [-0.15, -0.1) is 0 Å². The van der Waals surface area contributed by atoms with E-state index in [1.54, 1.807) is 0 Å². The summed E-state index contributed by atoms with van der Waals surface area (Å²) in [5.74, 6) is 1.91. The van der Waals surface area contributed by atoms with Crippen molar-refractivity contribution in [1.82, 2.24) is 20.4 Å². The second-order valence-corrected chi connectivity index (χ2v) is 6.45. The quantitative estimate of drug-likeness (QED) is 0.784. The maximum absolute atomic E-state index is 12.3. The summed E-state index contributed by atoms with van der Waals surface area (Å²) >= 11 is 0. The van der Waals surface area contributed by atoms with Crippen LogP contribution in [0.3, 0.4) is 0 Å². The average molecular weight is 318 g/mol. The fourth-order valence-electron chi connectivity index (χ4n) is 3.04. The van der Waals surface area contributed by atoms with Crippen molar-refractivity contribution in [3.8, 4) is 0 Å². The van der Waals surface area contributed by atoms with Crippen LogP contribution in [-0.4, -0.2) is 40.2 Å². The van der Waals surface area contributed by atoms with E-state index in [2.05, 4.69) is 34.5 Å². The third kappa shape index (κ3) is 3.92. The number of amides is 2. The first-order valence-electron chi connectivity index (χ1n) is 8.81. The van der Waals surface area contributed by atoms with Gasteiger partial charge in [-0.3, -0.25) is 0 Å². The monoisotopic (exact) mass is 318 g/mol. The van der Waals surface area contributed by atoms with Gasteiger partial charge in [0.2, 0.25) is 5.89 Å². The SMILES string of the molecule is CCCC[C@H]1C=CCN1C(=O)NCCc1noc(C2CCC2)n1. The van der Waals surface area contributed by atoms with Gasteiger partial charge in [0.15, 0.2) is 5.82 Å². The molecule has 0 spiro atoms. The summed E-state index contributed by atoms with van der Waals surface area (Å²) < 4.78 is 5.29. The molecule has 0 saturated heterocycles. The van der Waals surface area contributed by atoms with E-state index in [4.69, 9.17) is 4.52 Å². The first-order chi connectivity index (χ1) is 11.3. The molecule has 1 aromatic heterocycles. The summed E-state index contributed by atoms with van der Waals surface area (Å²) in [6.07, 6.45) is 11.7. The number of unbranched alkanes of at least 4 members (excludes halogenated alkanes) is 1. The fourth-order valence-corrected chi connectivity index (χ4v) is 3.04. The molecule has 1 N–H and O–H groups in total. The van der Waals surface area contributed by atoms with Gasteiger partial charge in [-0.05, 0) is 19.3 Å². The number of rotatable bonds is 7. The van der Waals surface area contributed by atoms with E-state index in [9.17, 15) is 4.79 Å². The molecule has 2 heterocycles. The van der Waals surface area contributed by atoms with Crippen molar-refractivity contribution in [3.63, 3.8) is 0 Å². The molecule has 0 aromatic carbocycles. The van der Waals surface area contributed by atoms with Gasteiger partial charge in [-0.25, -0.2) is 4.79 Å². The Balaban J connectivity index is 1.41. The zero-order chi connectivity index (χ0) is 16.1. The molecule has 6 heteroatoms. The van der Waals surface area contributed by atoms with Crippen molar-refractivity contribution < 1.29 is 9.32 Å². The Labute approximate surface area is 137 Å². The Kier molecular flexibility index (Phi) is 5.31. The van der Waals surface area contributed by atoms with E-state index in [0.29, 0.717) is 31.3 Å². The third-order valence-corrected chi connectivity index (χ3v) is 4.74. The van der Waals surface area contributed by atoms with Gasteiger partial charge >= 0.3 is 6.03 Å². The molecule has 23 heavy (non-hydrogen) atoms. The van der Waals surface area contributed by atoms with Crippen molar-refractivity contribution >= 4 is 6.03 Å². The largest absolute Gasteiger partial charge is 0.339 e. The standard InChI is InChI=1S/C17H26N4O2/c1-2-3-8-14-9-5-12-21(14)17(22)18-11-10-15-19-16(23-20-15)13-6-4-7-13/h5,9,13-14H,2-4,6-8,10-12H2,1H3,(H,18,22)/t14-/m0/s1. The molecular formula is C17H26N4O2. The van der Waals surface area contributed by atoms with Crippen molar-refractivity contribution in [2.45, 2.75) is 63.8 Å². The minimum absolute atomic E-state index is 0.00110. The maximum atomic E-state index is 12.3. The summed E-state index contributed by atoms with van der Waals surface area (Å²) in [6.45, 7) is 3.42. The zero-order valence-electron chi connectivity index (χ0n) is 13.8.